The number of aliphatic carboxylic acids is 1. The van der Waals surface area contributed by atoms with Crippen LogP contribution in [0.2, 0.25) is 0 Å². The largest absolute Gasteiger partial charge is 0.480 e. The Balaban J connectivity index is 2.70. The third-order valence-corrected chi connectivity index (χ3v) is 2.90. The van der Waals surface area contributed by atoms with E-state index in [0.29, 0.717) is 13.1 Å². The quantitative estimate of drug-likeness (QED) is 0.686. The molecule has 0 aromatic rings. The van der Waals surface area contributed by atoms with Gasteiger partial charge >= 0.3 is 5.97 Å². The standard InChI is InChI=1S/C10H18N2O3/c1-3-7(2)9(10(14)15)12-5-4-11-8(13)6-12/h7,9H,3-6H2,1-2H3,(H,11,13)(H,14,15)/t7-,9-/m0/s1. The highest BCUT2D eigenvalue weighted by Gasteiger charge is 2.32. The minimum absolute atomic E-state index is 0.0633. The van der Waals surface area contributed by atoms with Crippen molar-refractivity contribution in [2.75, 3.05) is 19.6 Å². The molecule has 0 saturated carbocycles. The van der Waals surface area contributed by atoms with Crippen molar-refractivity contribution in [1.29, 1.82) is 0 Å². The van der Waals surface area contributed by atoms with Gasteiger partial charge in [-0.1, -0.05) is 20.3 Å². The fourth-order valence-corrected chi connectivity index (χ4v) is 1.88. The Morgan fingerprint density at radius 3 is 2.80 bits per heavy atom. The maximum atomic E-state index is 11.2. The van der Waals surface area contributed by atoms with Crippen molar-refractivity contribution in [3.8, 4) is 0 Å². The third-order valence-electron chi connectivity index (χ3n) is 2.90. The summed E-state index contributed by atoms with van der Waals surface area (Å²) in [5.41, 5.74) is 0. The van der Waals surface area contributed by atoms with Crippen molar-refractivity contribution >= 4 is 11.9 Å². The lowest BCUT2D eigenvalue weighted by Gasteiger charge is -2.34. The highest BCUT2D eigenvalue weighted by molar-refractivity contribution is 5.80. The molecule has 0 spiro atoms. The van der Waals surface area contributed by atoms with Gasteiger partial charge in [0.1, 0.15) is 6.04 Å². The molecule has 5 heteroatoms. The van der Waals surface area contributed by atoms with E-state index < -0.39 is 12.0 Å². The van der Waals surface area contributed by atoms with Crippen molar-refractivity contribution in [1.82, 2.24) is 10.2 Å². The van der Waals surface area contributed by atoms with Gasteiger partial charge in [0.25, 0.3) is 0 Å². The summed E-state index contributed by atoms with van der Waals surface area (Å²) in [7, 11) is 0. The van der Waals surface area contributed by atoms with Gasteiger partial charge in [-0.3, -0.25) is 14.5 Å². The molecule has 0 aromatic heterocycles. The van der Waals surface area contributed by atoms with Crippen LogP contribution in [0.25, 0.3) is 0 Å². The molecule has 0 aromatic carbocycles. The number of rotatable bonds is 4. The SMILES string of the molecule is CC[C@H](C)[C@@H](C(=O)O)N1CCNC(=O)C1. The first-order valence-corrected chi connectivity index (χ1v) is 5.29. The maximum absolute atomic E-state index is 11.2. The van der Waals surface area contributed by atoms with Crippen LogP contribution in [0.15, 0.2) is 0 Å². The number of amides is 1. The van der Waals surface area contributed by atoms with Crippen LogP contribution in [0.4, 0.5) is 0 Å². The van der Waals surface area contributed by atoms with Crippen LogP contribution in [0, 0.1) is 5.92 Å². The Bertz CT molecular complexity index is 255. The summed E-state index contributed by atoms with van der Waals surface area (Å²) in [6, 6.07) is -0.541. The second-order valence-corrected chi connectivity index (χ2v) is 3.99. The maximum Gasteiger partial charge on any atom is 0.321 e. The predicted molar refractivity (Wildman–Crippen MR) is 55.5 cm³/mol. The molecule has 0 aliphatic carbocycles. The number of piperazine rings is 1. The van der Waals surface area contributed by atoms with Crippen LogP contribution >= 0.6 is 0 Å². The molecular weight excluding hydrogens is 196 g/mol. The summed E-state index contributed by atoms with van der Waals surface area (Å²) in [5.74, 6) is -0.858. The summed E-state index contributed by atoms with van der Waals surface area (Å²) in [6.07, 6.45) is 0.801. The molecular formula is C10H18N2O3. The fourth-order valence-electron chi connectivity index (χ4n) is 1.88. The Morgan fingerprint density at radius 2 is 2.33 bits per heavy atom. The average Bonchev–Trinajstić information content (AvgIpc) is 2.17. The predicted octanol–water partition coefficient (Wildman–Crippen LogP) is -0.0825. The molecule has 0 radical (unpaired) electrons. The topological polar surface area (TPSA) is 69.6 Å². The van der Waals surface area contributed by atoms with Crippen molar-refractivity contribution in [2.45, 2.75) is 26.3 Å². The molecule has 1 amide bonds. The lowest BCUT2D eigenvalue weighted by molar-refractivity contribution is -0.146. The molecule has 1 fully saturated rings. The van der Waals surface area contributed by atoms with E-state index in [9.17, 15) is 9.59 Å². The van der Waals surface area contributed by atoms with Gasteiger partial charge in [-0.15, -0.1) is 0 Å². The van der Waals surface area contributed by atoms with Gasteiger partial charge in [-0.25, -0.2) is 0 Å². The van der Waals surface area contributed by atoms with E-state index in [1.807, 2.05) is 13.8 Å². The number of nitrogens with zero attached hydrogens (tertiary/aromatic N) is 1. The zero-order chi connectivity index (χ0) is 11.4. The first-order chi connectivity index (χ1) is 7.06. The second kappa shape index (κ2) is 5.11. The monoisotopic (exact) mass is 214 g/mol. The van der Waals surface area contributed by atoms with E-state index in [4.69, 9.17) is 5.11 Å². The number of carbonyl (C=O) groups is 2. The van der Waals surface area contributed by atoms with Crippen LogP contribution in [0.5, 0.6) is 0 Å². The summed E-state index contributed by atoms with van der Waals surface area (Å²) in [5, 5.41) is 11.8. The van der Waals surface area contributed by atoms with Crippen molar-refractivity contribution in [3.63, 3.8) is 0 Å². The molecule has 0 unspecified atom stereocenters. The van der Waals surface area contributed by atoms with Gasteiger partial charge in [0.2, 0.25) is 5.91 Å². The number of nitrogens with one attached hydrogen (secondary N) is 1. The van der Waals surface area contributed by atoms with Crippen LogP contribution in [0.1, 0.15) is 20.3 Å². The molecule has 2 N–H and O–H groups in total. The zero-order valence-corrected chi connectivity index (χ0v) is 9.19. The normalized spacial score (nSPS) is 21.9. The smallest absolute Gasteiger partial charge is 0.321 e. The van der Waals surface area contributed by atoms with Crippen molar-refractivity contribution in [2.24, 2.45) is 5.92 Å². The van der Waals surface area contributed by atoms with Gasteiger partial charge in [0, 0.05) is 13.1 Å². The number of carboxylic acids is 1. The Labute approximate surface area is 89.4 Å². The molecule has 15 heavy (non-hydrogen) atoms. The van der Waals surface area contributed by atoms with E-state index >= 15 is 0 Å². The highest BCUT2D eigenvalue weighted by atomic mass is 16.4. The van der Waals surface area contributed by atoms with Crippen molar-refractivity contribution < 1.29 is 14.7 Å². The third kappa shape index (κ3) is 2.92. The van der Waals surface area contributed by atoms with E-state index in [0.717, 1.165) is 6.42 Å². The number of hydrogen-bond donors (Lipinski definition) is 2. The number of carbonyl (C=O) groups excluding carboxylic acids is 1. The minimum atomic E-state index is -0.834. The molecule has 1 rings (SSSR count). The summed E-state index contributed by atoms with van der Waals surface area (Å²) >= 11 is 0. The molecule has 86 valence electrons. The van der Waals surface area contributed by atoms with Crippen LogP contribution in [-0.2, 0) is 9.59 Å². The zero-order valence-electron chi connectivity index (χ0n) is 9.19. The summed E-state index contributed by atoms with van der Waals surface area (Å²) in [4.78, 5) is 24.0. The number of hydrogen-bond acceptors (Lipinski definition) is 3. The molecule has 1 aliphatic heterocycles. The van der Waals surface area contributed by atoms with Gasteiger partial charge in [-0.2, -0.15) is 0 Å². The van der Waals surface area contributed by atoms with Crippen molar-refractivity contribution in [3.05, 3.63) is 0 Å². The minimum Gasteiger partial charge on any atom is -0.480 e. The lowest BCUT2D eigenvalue weighted by atomic mass is 9.97. The highest BCUT2D eigenvalue weighted by Crippen LogP contribution is 2.15. The van der Waals surface area contributed by atoms with E-state index in [1.165, 1.54) is 0 Å². The van der Waals surface area contributed by atoms with Gasteiger partial charge < -0.3 is 10.4 Å². The Morgan fingerprint density at radius 1 is 1.67 bits per heavy atom. The Hall–Kier alpha value is -1.10. The summed E-state index contributed by atoms with van der Waals surface area (Å²) < 4.78 is 0. The van der Waals surface area contributed by atoms with Crippen LogP contribution in [0.3, 0.4) is 0 Å². The molecule has 1 saturated heterocycles. The second-order valence-electron chi connectivity index (χ2n) is 3.99. The van der Waals surface area contributed by atoms with E-state index in [-0.39, 0.29) is 18.4 Å². The first-order valence-electron chi connectivity index (χ1n) is 5.29. The van der Waals surface area contributed by atoms with E-state index in [1.54, 1.807) is 4.90 Å². The lowest BCUT2D eigenvalue weighted by Crippen LogP contribution is -2.55. The van der Waals surface area contributed by atoms with Crippen LogP contribution in [-0.4, -0.2) is 47.6 Å². The average molecular weight is 214 g/mol. The number of carboxylic acid groups (broad SMARTS) is 1. The molecule has 1 heterocycles. The summed E-state index contributed by atoms with van der Waals surface area (Å²) in [6.45, 7) is 5.23. The molecule has 5 nitrogen and oxygen atoms in total. The van der Waals surface area contributed by atoms with Gasteiger partial charge in [-0.05, 0) is 5.92 Å². The van der Waals surface area contributed by atoms with Gasteiger partial charge in [0.05, 0.1) is 6.54 Å². The molecule has 0 bridgehead atoms. The molecule has 2 atom stereocenters. The Kier molecular flexibility index (Phi) is 4.08. The van der Waals surface area contributed by atoms with Crippen LogP contribution < -0.4 is 5.32 Å². The fraction of sp³-hybridized carbons (Fsp3) is 0.800. The van der Waals surface area contributed by atoms with Gasteiger partial charge in [0.15, 0.2) is 0 Å². The first kappa shape index (κ1) is 12.0. The molecule has 1 aliphatic rings. The van der Waals surface area contributed by atoms with E-state index in [2.05, 4.69) is 5.32 Å².